The highest BCUT2D eigenvalue weighted by atomic mass is 16.3. The van der Waals surface area contributed by atoms with E-state index in [9.17, 15) is 30.3 Å². The molecule has 6 heteroatoms. The van der Waals surface area contributed by atoms with Gasteiger partial charge < -0.3 is 25.5 Å². The highest BCUT2D eigenvalue weighted by molar-refractivity contribution is 6.27. The summed E-state index contributed by atoms with van der Waals surface area (Å²) in [6.07, 6.45) is -1.45. The second kappa shape index (κ2) is 5.33. The highest BCUT2D eigenvalue weighted by Crippen LogP contribution is 2.41. The molecule has 23 heavy (non-hydrogen) atoms. The lowest BCUT2D eigenvalue weighted by molar-refractivity contribution is -0.115. The number of phenolic OH excluding ortho intramolecular Hbond substituents is 3. The predicted molar refractivity (Wildman–Crippen MR) is 81.2 cm³/mol. The van der Waals surface area contributed by atoms with E-state index >= 15 is 0 Å². The maximum atomic E-state index is 12.6. The molecule has 5 N–H and O–H groups in total. The molecule has 0 amide bonds. The Hall–Kier alpha value is -2.99. The van der Waals surface area contributed by atoms with Crippen LogP contribution in [0.15, 0.2) is 48.2 Å². The fourth-order valence-corrected chi connectivity index (χ4v) is 2.72. The van der Waals surface area contributed by atoms with E-state index < -0.39 is 29.3 Å². The van der Waals surface area contributed by atoms with E-state index in [-0.39, 0.29) is 22.6 Å². The molecule has 0 unspecified atom stereocenters. The van der Waals surface area contributed by atoms with Gasteiger partial charge in [-0.15, -0.1) is 0 Å². The normalized spacial score (nSPS) is 21.0. The molecule has 0 heterocycles. The molecule has 0 saturated heterocycles. The molecule has 0 radical (unpaired) electrons. The van der Waals surface area contributed by atoms with E-state index in [1.54, 1.807) is 0 Å². The quantitative estimate of drug-likeness (QED) is 0.539. The first-order chi connectivity index (χ1) is 10.9. The Morgan fingerprint density at radius 1 is 0.826 bits per heavy atom. The van der Waals surface area contributed by atoms with Crippen LogP contribution in [0.3, 0.4) is 0 Å². The van der Waals surface area contributed by atoms with Crippen molar-refractivity contribution < 1.29 is 30.3 Å². The molecule has 1 aliphatic rings. The number of phenols is 3. The molecule has 2 aromatic rings. The van der Waals surface area contributed by atoms with Crippen LogP contribution in [0.4, 0.5) is 0 Å². The molecule has 0 aliphatic heterocycles. The fourth-order valence-electron chi connectivity index (χ4n) is 2.72. The zero-order valence-electron chi connectivity index (χ0n) is 11.8. The van der Waals surface area contributed by atoms with Gasteiger partial charge in [-0.2, -0.15) is 0 Å². The van der Waals surface area contributed by atoms with Crippen LogP contribution in [-0.2, 0) is 4.79 Å². The molecule has 6 nitrogen and oxygen atoms in total. The fraction of sp³-hybridized carbons (Fsp3) is 0.118. The number of carbonyl (C=O) groups is 1. The second-order valence-electron chi connectivity index (χ2n) is 5.34. The van der Waals surface area contributed by atoms with E-state index in [2.05, 4.69) is 0 Å². The van der Waals surface area contributed by atoms with Gasteiger partial charge in [-0.1, -0.05) is 18.2 Å². The first kappa shape index (κ1) is 14.9. The Bertz CT molecular complexity index is 806. The topological polar surface area (TPSA) is 118 Å². The van der Waals surface area contributed by atoms with Crippen molar-refractivity contribution in [3.8, 4) is 17.2 Å². The maximum absolute atomic E-state index is 12.6. The van der Waals surface area contributed by atoms with Crippen LogP contribution in [-0.4, -0.2) is 37.4 Å². The molecule has 2 aromatic carbocycles. The number of ketones is 1. The molecule has 0 saturated carbocycles. The third kappa shape index (κ3) is 2.39. The van der Waals surface area contributed by atoms with Crippen molar-refractivity contribution in [3.63, 3.8) is 0 Å². The van der Waals surface area contributed by atoms with Crippen molar-refractivity contribution in [1.82, 2.24) is 0 Å². The molecular formula is C17H14O6. The zero-order valence-corrected chi connectivity index (χ0v) is 11.8. The third-order valence-corrected chi connectivity index (χ3v) is 3.90. The van der Waals surface area contributed by atoms with Gasteiger partial charge in [-0.3, -0.25) is 4.79 Å². The molecule has 0 spiro atoms. The maximum Gasteiger partial charge on any atom is 0.177 e. The minimum atomic E-state index is -1.45. The Labute approximate surface area is 131 Å². The van der Waals surface area contributed by atoms with Gasteiger partial charge in [0.15, 0.2) is 17.3 Å². The molecule has 118 valence electrons. The van der Waals surface area contributed by atoms with Crippen LogP contribution in [0.1, 0.15) is 17.0 Å². The van der Waals surface area contributed by atoms with Gasteiger partial charge >= 0.3 is 0 Å². The van der Waals surface area contributed by atoms with Gasteiger partial charge in [-0.05, 0) is 35.4 Å². The first-order valence-corrected chi connectivity index (χ1v) is 6.87. The Morgan fingerprint density at radius 2 is 1.48 bits per heavy atom. The zero-order chi connectivity index (χ0) is 16.7. The van der Waals surface area contributed by atoms with Crippen LogP contribution in [0, 0.1) is 0 Å². The first-order valence-electron chi connectivity index (χ1n) is 6.87. The number of hydrogen-bond acceptors (Lipinski definition) is 6. The number of Topliss-reactive ketones (excluding diaryl/α,β-unsaturated/α-hetero) is 1. The van der Waals surface area contributed by atoms with E-state index in [0.717, 1.165) is 0 Å². The smallest absolute Gasteiger partial charge is 0.177 e. The number of aromatic hydroxyl groups is 3. The second-order valence-corrected chi connectivity index (χ2v) is 5.34. The summed E-state index contributed by atoms with van der Waals surface area (Å²) in [6, 6.07) is 9.44. The number of hydrogen-bond donors (Lipinski definition) is 5. The van der Waals surface area contributed by atoms with Crippen LogP contribution in [0.5, 0.6) is 17.2 Å². The average Bonchev–Trinajstić information content (AvgIpc) is 2.74. The number of rotatable bonds is 2. The molecule has 3 rings (SSSR count). The highest BCUT2D eigenvalue weighted by Gasteiger charge is 2.43. The lowest BCUT2D eigenvalue weighted by atomic mass is 9.91. The summed E-state index contributed by atoms with van der Waals surface area (Å²) in [6.45, 7) is 0. The Morgan fingerprint density at radius 3 is 2.09 bits per heavy atom. The number of benzene rings is 2. The van der Waals surface area contributed by atoms with Crippen molar-refractivity contribution in [2.75, 3.05) is 0 Å². The average molecular weight is 314 g/mol. The summed E-state index contributed by atoms with van der Waals surface area (Å²) >= 11 is 0. The summed E-state index contributed by atoms with van der Waals surface area (Å²) < 4.78 is 0. The number of allylic oxidation sites excluding steroid dienone is 1. The Balaban J connectivity index is 2.03. The molecule has 0 bridgehead atoms. The molecule has 1 aliphatic carbocycles. The largest absolute Gasteiger partial charge is 0.509 e. The lowest BCUT2D eigenvalue weighted by Gasteiger charge is -2.14. The van der Waals surface area contributed by atoms with Gasteiger partial charge in [0.1, 0.15) is 17.6 Å². The molecule has 0 fully saturated rings. The number of carbonyl (C=O) groups excluding carboxylic acids is 1. The van der Waals surface area contributed by atoms with Crippen molar-refractivity contribution in [2.24, 2.45) is 0 Å². The molecular weight excluding hydrogens is 300 g/mol. The van der Waals surface area contributed by atoms with Gasteiger partial charge in [0, 0.05) is 0 Å². The predicted octanol–water partition coefficient (Wildman–Crippen LogP) is 1.80. The van der Waals surface area contributed by atoms with E-state index in [1.165, 1.54) is 42.5 Å². The van der Waals surface area contributed by atoms with Gasteiger partial charge in [0.2, 0.25) is 0 Å². The summed E-state index contributed by atoms with van der Waals surface area (Å²) in [5.41, 5.74) is 0.614. The summed E-state index contributed by atoms with van der Waals surface area (Å²) in [5, 5.41) is 48.6. The van der Waals surface area contributed by atoms with Gasteiger partial charge in [-0.25, -0.2) is 0 Å². The minimum absolute atomic E-state index is 0.0137. The van der Waals surface area contributed by atoms with Crippen molar-refractivity contribution in [2.45, 2.75) is 12.0 Å². The summed E-state index contributed by atoms with van der Waals surface area (Å²) in [5.74, 6) is -2.79. The SMILES string of the molecule is O=C1C(c2ccc(O)cc2)=C(O)[C@H](O)[C@H]1c1ccc(O)c(O)c1. The van der Waals surface area contributed by atoms with E-state index in [4.69, 9.17) is 0 Å². The third-order valence-electron chi connectivity index (χ3n) is 3.90. The van der Waals surface area contributed by atoms with Crippen molar-refractivity contribution in [3.05, 3.63) is 59.4 Å². The van der Waals surface area contributed by atoms with E-state index in [0.29, 0.717) is 5.56 Å². The van der Waals surface area contributed by atoms with Crippen LogP contribution < -0.4 is 0 Å². The van der Waals surface area contributed by atoms with Crippen LogP contribution >= 0.6 is 0 Å². The number of aliphatic hydroxyl groups excluding tert-OH is 2. The molecule has 0 aromatic heterocycles. The van der Waals surface area contributed by atoms with Crippen LogP contribution in [0.25, 0.3) is 5.57 Å². The van der Waals surface area contributed by atoms with Gasteiger partial charge in [0.25, 0.3) is 0 Å². The summed E-state index contributed by atoms with van der Waals surface area (Å²) in [4.78, 5) is 12.6. The minimum Gasteiger partial charge on any atom is -0.509 e. The molecule has 2 atom stereocenters. The van der Waals surface area contributed by atoms with Gasteiger partial charge in [0.05, 0.1) is 11.5 Å². The summed E-state index contributed by atoms with van der Waals surface area (Å²) in [7, 11) is 0. The Kier molecular flexibility index (Phi) is 3.46. The standard InChI is InChI=1S/C17H14O6/c18-10-4-1-8(2-5-10)13-15(21)14(17(23)16(13)22)9-3-6-11(19)12(20)7-9/h1-7,14,17-20,22-23H/t14-,17+/m0/s1. The number of aliphatic hydroxyl groups is 2. The van der Waals surface area contributed by atoms with Crippen molar-refractivity contribution in [1.29, 1.82) is 0 Å². The van der Waals surface area contributed by atoms with Crippen LogP contribution in [0.2, 0.25) is 0 Å². The lowest BCUT2D eigenvalue weighted by Crippen LogP contribution is -2.20. The van der Waals surface area contributed by atoms with Crippen molar-refractivity contribution >= 4 is 11.4 Å². The monoisotopic (exact) mass is 314 g/mol. The van der Waals surface area contributed by atoms with E-state index in [1.807, 2.05) is 0 Å².